The normalized spacial score (nSPS) is 11.8. The molecule has 5 heteroatoms. The maximum atomic E-state index is 4.22. The molecule has 0 saturated heterocycles. The first-order valence-electron chi connectivity index (χ1n) is 6.35. The maximum Gasteiger partial charge on any atom is 0.177 e. The maximum absolute atomic E-state index is 4.22. The van der Waals surface area contributed by atoms with E-state index < -0.39 is 0 Å². The number of aromatic amines is 1. The molecule has 0 aliphatic carbocycles. The van der Waals surface area contributed by atoms with Gasteiger partial charge in [0, 0.05) is 31.9 Å². The zero-order chi connectivity index (χ0) is 13.0. The second-order valence-corrected chi connectivity index (χ2v) is 4.92. The molecule has 5 nitrogen and oxygen atoms in total. The number of imidazole rings is 1. The molecule has 0 spiro atoms. The van der Waals surface area contributed by atoms with Gasteiger partial charge in [0.2, 0.25) is 0 Å². The SMILES string of the molecule is CC(C)NCCN(C)Cc1ccnc2nc[nH]c12. The highest BCUT2D eigenvalue weighted by atomic mass is 15.1. The van der Waals surface area contributed by atoms with E-state index in [1.165, 1.54) is 5.56 Å². The molecule has 2 N–H and O–H groups in total. The van der Waals surface area contributed by atoms with E-state index >= 15 is 0 Å². The first-order chi connectivity index (χ1) is 8.66. The van der Waals surface area contributed by atoms with Gasteiger partial charge in [-0.1, -0.05) is 13.8 Å². The van der Waals surface area contributed by atoms with E-state index in [0.29, 0.717) is 6.04 Å². The van der Waals surface area contributed by atoms with Gasteiger partial charge >= 0.3 is 0 Å². The van der Waals surface area contributed by atoms with E-state index in [1.807, 2.05) is 12.3 Å². The Hall–Kier alpha value is -1.46. The minimum Gasteiger partial charge on any atom is -0.343 e. The lowest BCUT2D eigenvalue weighted by Gasteiger charge is -2.18. The highest BCUT2D eigenvalue weighted by molar-refractivity contribution is 5.73. The quantitative estimate of drug-likeness (QED) is 0.810. The fourth-order valence-corrected chi connectivity index (χ4v) is 1.95. The Morgan fingerprint density at radius 1 is 1.39 bits per heavy atom. The average Bonchev–Trinajstić information content (AvgIpc) is 2.77. The molecule has 0 aliphatic rings. The topological polar surface area (TPSA) is 56.8 Å². The summed E-state index contributed by atoms with van der Waals surface area (Å²) in [5.74, 6) is 0. The van der Waals surface area contributed by atoms with E-state index in [9.17, 15) is 0 Å². The van der Waals surface area contributed by atoms with Crippen LogP contribution in [0.3, 0.4) is 0 Å². The molecule has 2 aromatic heterocycles. The van der Waals surface area contributed by atoms with Gasteiger partial charge in [0.25, 0.3) is 0 Å². The van der Waals surface area contributed by atoms with Crippen LogP contribution in [0.2, 0.25) is 0 Å². The number of fused-ring (bicyclic) bond motifs is 1. The van der Waals surface area contributed by atoms with Crippen molar-refractivity contribution in [2.45, 2.75) is 26.4 Å². The third-order valence-corrected chi connectivity index (χ3v) is 2.90. The predicted octanol–water partition coefficient (Wildman–Crippen LogP) is 1.39. The minimum absolute atomic E-state index is 0.540. The van der Waals surface area contributed by atoms with Gasteiger partial charge in [0.05, 0.1) is 11.8 Å². The minimum atomic E-state index is 0.540. The Morgan fingerprint density at radius 3 is 3.00 bits per heavy atom. The van der Waals surface area contributed by atoms with E-state index in [0.717, 1.165) is 30.8 Å². The van der Waals surface area contributed by atoms with Crippen LogP contribution in [0.15, 0.2) is 18.6 Å². The molecule has 98 valence electrons. The van der Waals surface area contributed by atoms with Crippen LogP contribution in [0.5, 0.6) is 0 Å². The zero-order valence-electron chi connectivity index (χ0n) is 11.3. The van der Waals surface area contributed by atoms with Crippen LogP contribution in [0.1, 0.15) is 19.4 Å². The lowest BCUT2D eigenvalue weighted by atomic mass is 10.2. The van der Waals surface area contributed by atoms with E-state index in [2.05, 4.69) is 46.1 Å². The van der Waals surface area contributed by atoms with Crippen molar-refractivity contribution in [2.24, 2.45) is 0 Å². The summed E-state index contributed by atoms with van der Waals surface area (Å²) in [7, 11) is 2.13. The van der Waals surface area contributed by atoms with Crippen LogP contribution in [0, 0.1) is 0 Å². The third-order valence-electron chi connectivity index (χ3n) is 2.90. The largest absolute Gasteiger partial charge is 0.343 e. The molecule has 0 unspecified atom stereocenters. The average molecular weight is 247 g/mol. The number of H-pyrrole nitrogens is 1. The summed E-state index contributed by atoms with van der Waals surface area (Å²) in [6.45, 7) is 7.26. The molecule has 0 saturated carbocycles. The van der Waals surface area contributed by atoms with Gasteiger partial charge in [0.1, 0.15) is 0 Å². The van der Waals surface area contributed by atoms with Crippen LogP contribution in [0.4, 0.5) is 0 Å². The van der Waals surface area contributed by atoms with Gasteiger partial charge in [0.15, 0.2) is 5.65 Å². The Morgan fingerprint density at radius 2 is 2.22 bits per heavy atom. The molecule has 18 heavy (non-hydrogen) atoms. The second kappa shape index (κ2) is 5.93. The monoisotopic (exact) mass is 247 g/mol. The summed E-state index contributed by atoms with van der Waals surface area (Å²) in [5.41, 5.74) is 3.08. The van der Waals surface area contributed by atoms with E-state index in [4.69, 9.17) is 0 Å². The number of rotatable bonds is 6. The number of nitrogens with one attached hydrogen (secondary N) is 2. The number of pyridine rings is 1. The summed E-state index contributed by atoms with van der Waals surface area (Å²) in [4.78, 5) is 13.8. The van der Waals surface area contributed by atoms with Crippen molar-refractivity contribution in [3.63, 3.8) is 0 Å². The first-order valence-corrected chi connectivity index (χ1v) is 6.35. The number of aromatic nitrogens is 3. The molecule has 0 fully saturated rings. The third kappa shape index (κ3) is 3.27. The van der Waals surface area contributed by atoms with Gasteiger partial charge < -0.3 is 15.2 Å². The summed E-state index contributed by atoms with van der Waals surface area (Å²) >= 11 is 0. The highest BCUT2D eigenvalue weighted by Crippen LogP contribution is 2.13. The summed E-state index contributed by atoms with van der Waals surface area (Å²) in [6.07, 6.45) is 3.51. The Kier molecular flexibility index (Phi) is 4.28. The second-order valence-electron chi connectivity index (χ2n) is 4.92. The van der Waals surface area contributed by atoms with Gasteiger partial charge in [-0.3, -0.25) is 0 Å². The number of nitrogens with zero attached hydrogens (tertiary/aromatic N) is 3. The summed E-state index contributed by atoms with van der Waals surface area (Å²) < 4.78 is 0. The van der Waals surface area contributed by atoms with Crippen LogP contribution in [-0.2, 0) is 6.54 Å². The molecule has 0 aromatic carbocycles. The van der Waals surface area contributed by atoms with Crippen molar-refractivity contribution in [2.75, 3.05) is 20.1 Å². The van der Waals surface area contributed by atoms with E-state index in [1.54, 1.807) is 6.33 Å². The van der Waals surface area contributed by atoms with Crippen LogP contribution >= 0.6 is 0 Å². The molecule has 0 atom stereocenters. The lowest BCUT2D eigenvalue weighted by molar-refractivity contribution is 0.321. The van der Waals surface area contributed by atoms with E-state index in [-0.39, 0.29) is 0 Å². The smallest absolute Gasteiger partial charge is 0.177 e. The number of hydrogen-bond acceptors (Lipinski definition) is 4. The Labute approximate surface area is 108 Å². The fourth-order valence-electron chi connectivity index (χ4n) is 1.95. The molecule has 0 bridgehead atoms. The van der Waals surface area contributed by atoms with Gasteiger partial charge in [-0.2, -0.15) is 0 Å². The summed E-state index contributed by atoms with van der Waals surface area (Å²) in [5, 5.41) is 3.42. The highest BCUT2D eigenvalue weighted by Gasteiger charge is 2.06. The molecular formula is C13H21N5. The lowest BCUT2D eigenvalue weighted by Crippen LogP contribution is -2.32. The first kappa shape index (κ1) is 13.0. The van der Waals surface area contributed by atoms with Crippen molar-refractivity contribution < 1.29 is 0 Å². The zero-order valence-corrected chi connectivity index (χ0v) is 11.3. The Bertz CT molecular complexity index is 491. The van der Waals surface area contributed by atoms with Gasteiger partial charge in [-0.25, -0.2) is 9.97 Å². The van der Waals surface area contributed by atoms with Gasteiger partial charge in [-0.15, -0.1) is 0 Å². The number of likely N-dealkylation sites (N-methyl/N-ethyl adjacent to an activating group) is 1. The standard InChI is InChI=1S/C13H21N5/c1-10(2)14-6-7-18(3)8-11-4-5-15-13-12(11)16-9-17-13/h4-5,9-10,14H,6-8H2,1-3H3,(H,15,16,17). The molecule has 2 rings (SSSR count). The van der Waals surface area contributed by atoms with Crippen molar-refractivity contribution in [3.8, 4) is 0 Å². The fraction of sp³-hybridized carbons (Fsp3) is 0.538. The van der Waals surface area contributed by atoms with Crippen LogP contribution in [-0.4, -0.2) is 46.0 Å². The molecule has 2 heterocycles. The van der Waals surface area contributed by atoms with Crippen molar-refractivity contribution in [3.05, 3.63) is 24.2 Å². The molecule has 0 amide bonds. The van der Waals surface area contributed by atoms with Crippen molar-refractivity contribution in [1.82, 2.24) is 25.2 Å². The predicted molar refractivity (Wildman–Crippen MR) is 73.4 cm³/mol. The van der Waals surface area contributed by atoms with Gasteiger partial charge in [-0.05, 0) is 18.7 Å². The molecule has 0 aliphatic heterocycles. The molecule has 2 aromatic rings. The van der Waals surface area contributed by atoms with Crippen LogP contribution < -0.4 is 5.32 Å². The Balaban J connectivity index is 1.94. The van der Waals surface area contributed by atoms with Crippen LogP contribution in [0.25, 0.3) is 11.2 Å². The van der Waals surface area contributed by atoms with Crippen molar-refractivity contribution >= 4 is 11.2 Å². The number of hydrogen-bond donors (Lipinski definition) is 2. The van der Waals surface area contributed by atoms with Crippen molar-refractivity contribution in [1.29, 1.82) is 0 Å². The summed E-state index contributed by atoms with van der Waals surface area (Å²) in [6, 6.07) is 2.59. The molecule has 0 radical (unpaired) electrons. The molecular weight excluding hydrogens is 226 g/mol.